The topological polar surface area (TPSA) is 189 Å². The standard InChI is InChI=1S/C44H51N5O8/c1-30-19-21-33(22-20-30)28-55-34-26-37(40(50)48-39(18-10-11-25-45)44(53,54)42-46-35-16-8-9-17-38(35)57-42)49(27-34)41(51)36(24-23-31-12-4-2-5-13-31)47-43(52)56-29-32-14-6-3-7-15-32/h2-9,12-17,19-22,34,36-37,39,53-54H,10-11,18,23-29,45H2,1H3,(H,47,52)(H,48,50). The lowest BCUT2D eigenvalue weighted by Gasteiger charge is -2.33. The second-order valence-electron chi connectivity index (χ2n) is 14.5. The molecule has 1 aromatic heterocycles. The fourth-order valence-corrected chi connectivity index (χ4v) is 6.94. The predicted octanol–water partition coefficient (Wildman–Crippen LogP) is 5.00. The number of fused-ring (bicyclic) bond motifs is 1. The summed E-state index contributed by atoms with van der Waals surface area (Å²) in [6.45, 7) is 2.67. The number of alkyl carbamates (subject to hydrolysis) is 1. The van der Waals surface area contributed by atoms with Crippen molar-refractivity contribution in [2.24, 2.45) is 5.73 Å². The minimum atomic E-state index is -2.71. The van der Waals surface area contributed by atoms with Crippen molar-refractivity contribution in [1.82, 2.24) is 20.5 Å². The van der Waals surface area contributed by atoms with E-state index in [9.17, 15) is 24.6 Å². The number of rotatable bonds is 18. The zero-order valence-electron chi connectivity index (χ0n) is 32.1. The average Bonchev–Trinajstić information content (AvgIpc) is 3.87. The van der Waals surface area contributed by atoms with E-state index in [0.717, 1.165) is 22.3 Å². The van der Waals surface area contributed by atoms with Crippen LogP contribution < -0.4 is 16.4 Å². The monoisotopic (exact) mass is 777 g/mol. The van der Waals surface area contributed by atoms with Crippen LogP contribution in [0, 0.1) is 6.92 Å². The molecular formula is C44H51N5O8. The van der Waals surface area contributed by atoms with E-state index in [0.29, 0.717) is 36.9 Å². The molecular weight excluding hydrogens is 727 g/mol. The Bertz CT molecular complexity index is 2020. The van der Waals surface area contributed by atoms with E-state index >= 15 is 0 Å². The third kappa shape index (κ3) is 11.0. The number of unbranched alkanes of at least 4 members (excludes halogenated alkanes) is 1. The molecule has 0 saturated carbocycles. The molecule has 13 heteroatoms. The summed E-state index contributed by atoms with van der Waals surface area (Å²) in [4.78, 5) is 48.0. The fraction of sp³-hybridized carbons (Fsp3) is 0.364. The fourth-order valence-electron chi connectivity index (χ4n) is 6.94. The van der Waals surface area contributed by atoms with Crippen LogP contribution >= 0.6 is 0 Å². The number of likely N-dealkylation sites (tertiary alicyclic amines) is 1. The van der Waals surface area contributed by atoms with E-state index in [2.05, 4.69) is 15.6 Å². The summed E-state index contributed by atoms with van der Waals surface area (Å²) in [6.07, 6.45) is 0.614. The summed E-state index contributed by atoms with van der Waals surface area (Å²) >= 11 is 0. The lowest BCUT2D eigenvalue weighted by molar-refractivity contribution is -0.210. The molecule has 5 aromatic rings. The summed E-state index contributed by atoms with van der Waals surface area (Å²) < 4.78 is 17.6. The van der Waals surface area contributed by atoms with E-state index < -0.39 is 47.9 Å². The smallest absolute Gasteiger partial charge is 0.408 e. The Balaban J connectivity index is 1.25. The number of amides is 3. The maximum Gasteiger partial charge on any atom is 0.408 e. The van der Waals surface area contributed by atoms with Gasteiger partial charge < -0.3 is 45.4 Å². The van der Waals surface area contributed by atoms with Crippen LogP contribution in [0.5, 0.6) is 0 Å². The number of hydrogen-bond donors (Lipinski definition) is 5. The number of carbonyl (C=O) groups excluding carboxylic acids is 3. The van der Waals surface area contributed by atoms with Crippen molar-refractivity contribution in [2.45, 2.75) is 88.7 Å². The van der Waals surface area contributed by atoms with Gasteiger partial charge in [0.2, 0.25) is 11.8 Å². The van der Waals surface area contributed by atoms with Gasteiger partial charge in [0.15, 0.2) is 5.58 Å². The van der Waals surface area contributed by atoms with E-state index in [-0.39, 0.29) is 44.9 Å². The van der Waals surface area contributed by atoms with E-state index in [1.165, 1.54) is 4.90 Å². The van der Waals surface area contributed by atoms with Crippen molar-refractivity contribution < 1.29 is 38.5 Å². The number of para-hydroxylation sites is 2. The minimum absolute atomic E-state index is 0.00560. The molecule has 2 heterocycles. The van der Waals surface area contributed by atoms with Gasteiger partial charge in [-0.05, 0) is 74.4 Å². The Labute approximate surface area is 332 Å². The molecule has 13 nitrogen and oxygen atoms in total. The lowest BCUT2D eigenvalue weighted by Crippen LogP contribution is -2.57. The molecule has 57 heavy (non-hydrogen) atoms. The van der Waals surface area contributed by atoms with Crippen LogP contribution in [0.3, 0.4) is 0 Å². The van der Waals surface area contributed by atoms with Gasteiger partial charge >= 0.3 is 6.09 Å². The predicted molar refractivity (Wildman–Crippen MR) is 213 cm³/mol. The highest BCUT2D eigenvalue weighted by molar-refractivity contribution is 5.92. The normalized spacial score (nSPS) is 16.6. The maximum atomic E-state index is 14.6. The summed E-state index contributed by atoms with van der Waals surface area (Å²) in [5.74, 6) is -4.21. The van der Waals surface area contributed by atoms with Crippen molar-refractivity contribution in [1.29, 1.82) is 0 Å². The minimum Gasteiger partial charge on any atom is -0.445 e. The second kappa shape index (κ2) is 19.5. The number of ether oxygens (including phenoxy) is 2. The molecule has 0 bridgehead atoms. The van der Waals surface area contributed by atoms with Gasteiger partial charge in [-0.3, -0.25) is 9.59 Å². The molecule has 4 unspecified atom stereocenters. The van der Waals surface area contributed by atoms with E-state index in [1.54, 1.807) is 24.3 Å². The van der Waals surface area contributed by atoms with Crippen LogP contribution in [-0.4, -0.2) is 75.3 Å². The van der Waals surface area contributed by atoms with Crippen LogP contribution in [0.4, 0.5) is 4.79 Å². The Morgan fingerprint density at radius 1 is 0.860 bits per heavy atom. The highest BCUT2D eigenvalue weighted by Crippen LogP contribution is 2.30. The lowest BCUT2D eigenvalue weighted by atomic mass is 9.99. The van der Waals surface area contributed by atoms with Crippen molar-refractivity contribution in [3.63, 3.8) is 0 Å². The third-order valence-corrected chi connectivity index (χ3v) is 10.2. The van der Waals surface area contributed by atoms with Gasteiger partial charge in [0, 0.05) is 13.0 Å². The van der Waals surface area contributed by atoms with Gasteiger partial charge in [-0.1, -0.05) is 103 Å². The molecule has 1 fully saturated rings. The number of nitrogens with one attached hydrogen (secondary N) is 2. The summed E-state index contributed by atoms with van der Waals surface area (Å²) in [5.41, 5.74) is 10.3. The average molecular weight is 778 g/mol. The third-order valence-electron chi connectivity index (χ3n) is 10.2. The molecule has 0 radical (unpaired) electrons. The number of oxazole rings is 1. The summed E-state index contributed by atoms with van der Waals surface area (Å²) in [5, 5.41) is 28.7. The quantitative estimate of drug-likeness (QED) is 0.0598. The first-order valence-corrected chi connectivity index (χ1v) is 19.4. The first-order valence-electron chi connectivity index (χ1n) is 19.4. The van der Waals surface area contributed by atoms with Crippen LogP contribution in [0.25, 0.3) is 11.1 Å². The second-order valence-corrected chi connectivity index (χ2v) is 14.5. The number of carbonyl (C=O) groups is 3. The molecule has 0 aliphatic carbocycles. The van der Waals surface area contributed by atoms with Crippen molar-refractivity contribution in [3.8, 4) is 0 Å². The highest BCUT2D eigenvalue weighted by Gasteiger charge is 2.47. The number of hydrogen-bond acceptors (Lipinski definition) is 10. The molecule has 300 valence electrons. The van der Waals surface area contributed by atoms with Crippen molar-refractivity contribution in [3.05, 3.63) is 137 Å². The van der Waals surface area contributed by atoms with Gasteiger partial charge in [0.25, 0.3) is 11.7 Å². The molecule has 3 amide bonds. The molecule has 0 spiro atoms. The van der Waals surface area contributed by atoms with E-state index in [1.807, 2.05) is 91.9 Å². The van der Waals surface area contributed by atoms with Crippen LogP contribution in [0.2, 0.25) is 0 Å². The molecule has 1 saturated heterocycles. The summed E-state index contributed by atoms with van der Waals surface area (Å²) in [6, 6.07) is 30.1. The zero-order valence-corrected chi connectivity index (χ0v) is 32.1. The number of aryl methyl sites for hydroxylation is 2. The summed E-state index contributed by atoms with van der Waals surface area (Å²) in [7, 11) is 0. The number of nitrogens with zero attached hydrogens (tertiary/aromatic N) is 2. The molecule has 6 rings (SSSR count). The van der Waals surface area contributed by atoms with Crippen molar-refractivity contribution >= 4 is 29.0 Å². The number of aromatic nitrogens is 1. The Morgan fingerprint density at radius 2 is 1.53 bits per heavy atom. The Morgan fingerprint density at radius 3 is 2.23 bits per heavy atom. The van der Waals surface area contributed by atoms with Crippen molar-refractivity contribution in [2.75, 3.05) is 13.1 Å². The van der Waals surface area contributed by atoms with Crippen LogP contribution in [0.15, 0.2) is 114 Å². The number of benzene rings is 4. The van der Waals surface area contributed by atoms with Gasteiger partial charge in [0.1, 0.15) is 24.2 Å². The largest absolute Gasteiger partial charge is 0.445 e. The molecule has 1 aliphatic rings. The Hall–Kier alpha value is -5.60. The molecule has 4 atom stereocenters. The number of nitrogens with two attached hydrogens (primary N) is 1. The van der Waals surface area contributed by atoms with Gasteiger partial charge in [-0.15, -0.1) is 0 Å². The molecule has 1 aliphatic heterocycles. The Kier molecular flexibility index (Phi) is 14.0. The first-order chi connectivity index (χ1) is 27.6. The zero-order chi connectivity index (χ0) is 40.2. The van der Waals surface area contributed by atoms with Crippen LogP contribution in [0.1, 0.15) is 60.2 Å². The van der Waals surface area contributed by atoms with Gasteiger partial charge in [0.05, 0.1) is 18.8 Å². The molecule has 6 N–H and O–H groups in total. The maximum absolute atomic E-state index is 14.6. The first kappa shape index (κ1) is 41.0. The SMILES string of the molecule is Cc1ccc(COC2CC(C(=O)NC(CCCCN)C(O)(O)c3nc4ccccc4o3)N(C(=O)C(CCc3ccccc3)NC(=O)OCc3ccccc3)C2)cc1. The highest BCUT2D eigenvalue weighted by atomic mass is 16.5. The van der Waals surface area contributed by atoms with Gasteiger partial charge in [-0.25, -0.2) is 9.78 Å². The number of aliphatic hydroxyl groups is 2. The van der Waals surface area contributed by atoms with Gasteiger partial charge in [-0.2, -0.15) is 0 Å². The molecule has 4 aromatic carbocycles. The van der Waals surface area contributed by atoms with E-state index in [4.69, 9.17) is 19.6 Å². The van der Waals surface area contributed by atoms with Crippen LogP contribution in [-0.2, 0) is 44.5 Å².